The van der Waals surface area contributed by atoms with Gasteiger partial charge in [0.15, 0.2) is 0 Å². The maximum absolute atomic E-state index is 14.1. The number of pyridine rings is 1. The van der Waals surface area contributed by atoms with Crippen LogP contribution in [-0.4, -0.2) is 4.98 Å². The number of hydrogen-bond acceptors (Lipinski definition) is 2. The summed E-state index contributed by atoms with van der Waals surface area (Å²) in [5.74, 6) is -1.36. The first-order chi connectivity index (χ1) is 9.02. The zero-order chi connectivity index (χ0) is 14.0. The van der Waals surface area contributed by atoms with Gasteiger partial charge in [-0.05, 0) is 36.2 Å². The van der Waals surface area contributed by atoms with Gasteiger partial charge in [-0.15, -0.1) is 0 Å². The summed E-state index contributed by atoms with van der Waals surface area (Å²) in [6.07, 6.45) is 3.28. The van der Waals surface area contributed by atoms with Gasteiger partial charge in [-0.25, -0.2) is 8.78 Å². The average molecular weight is 262 g/mol. The molecule has 4 heteroatoms. The lowest BCUT2D eigenvalue weighted by molar-refractivity contribution is 0.491. The number of nitrogens with two attached hydrogens (primary N) is 1. The lowest BCUT2D eigenvalue weighted by atomic mass is 9.88. The highest BCUT2D eigenvalue weighted by atomic mass is 19.1. The van der Waals surface area contributed by atoms with Crippen LogP contribution >= 0.6 is 0 Å². The van der Waals surface area contributed by atoms with E-state index < -0.39 is 17.7 Å². The summed E-state index contributed by atoms with van der Waals surface area (Å²) in [7, 11) is 0. The number of nitrogens with zero attached hydrogens (tertiary/aromatic N) is 1. The van der Waals surface area contributed by atoms with E-state index in [1.807, 2.05) is 6.92 Å². The third kappa shape index (κ3) is 2.63. The Kier molecular flexibility index (Phi) is 3.90. The van der Waals surface area contributed by atoms with E-state index >= 15 is 0 Å². The first-order valence-corrected chi connectivity index (χ1v) is 6.12. The van der Waals surface area contributed by atoms with Gasteiger partial charge in [-0.1, -0.05) is 13.0 Å². The van der Waals surface area contributed by atoms with Crippen LogP contribution in [0.3, 0.4) is 0 Å². The second-order valence-corrected chi connectivity index (χ2v) is 4.69. The molecule has 1 aromatic carbocycles. The molecule has 2 atom stereocenters. The highest BCUT2D eigenvalue weighted by Gasteiger charge is 2.24. The molecular weight excluding hydrogens is 246 g/mol. The molecule has 19 heavy (non-hydrogen) atoms. The second-order valence-electron chi connectivity index (χ2n) is 4.69. The van der Waals surface area contributed by atoms with Crippen LogP contribution in [0.15, 0.2) is 36.7 Å². The molecule has 0 saturated heterocycles. The molecule has 2 nitrogen and oxygen atoms in total. The highest BCUT2D eigenvalue weighted by molar-refractivity contribution is 5.32. The monoisotopic (exact) mass is 262 g/mol. The Bertz CT molecular complexity index is 570. The van der Waals surface area contributed by atoms with Crippen molar-refractivity contribution in [2.24, 2.45) is 5.73 Å². The van der Waals surface area contributed by atoms with E-state index in [9.17, 15) is 8.78 Å². The molecule has 100 valence electrons. The molecule has 2 N–H and O–H groups in total. The third-order valence-corrected chi connectivity index (χ3v) is 3.42. The standard InChI is InChI=1S/C15H16F2N2/c1-9-3-4-12(16)13(14(9)17)15(18)10(2)11-5-7-19-8-6-11/h3-8,10,15H,18H2,1-2H3. The number of aryl methyl sites for hydroxylation is 1. The number of aromatic nitrogens is 1. The molecule has 0 aliphatic carbocycles. The van der Waals surface area contributed by atoms with Gasteiger partial charge in [-0.2, -0.15) is 0 Å². The average Bonchev–Trinajstić information content (AvgIpc) is 2.43. The van der Waals surface area contributed by atoms with Gasteiger partial charge in [0.2, 0.25) is 0 Å². The summed E-state index contributed by atoms with van der Waals surface area (Å²) in [4.78, 5) is 3.92. The molecule has 0 spiro atoms. The fourth-order valence-corrected chi connectivity index (χ4v) is 2.11. The van der Waals surface area contributed by atoms with Crippen molar-refractivity contribution in [3.8, 4) is 0 Å². The summed E-state index contributed by atoms with van der Waals surface area (Å²) >= 11 is 0. The molecule has 2 rings (SSSR count). The van der Waals surface area contributed by atoms with Crippen molar-refractivity contribution in [2.45, 2.75) is 25.8 Å². The molecular formula is C15H16F2N2. The molecule has 2 unspecified atom stereocenters. The molecule has 1 aromatic heterocycles. The lowest BCUT2D eigenvalue weighted by Gasteiger charge is -2.22. The summed E-state index contributed by atoms with van der Waals surface area (Å²) < 4.78 is 27.9. The van der Waals surface area contributed by atoms with Gasteiger partial charge in [0.05, 0.1) is 0 Å². The van der Waals surface area contributed by atoms with E-state index in [-0.39, 0.29) is 11.5 Å². The Labute approximate surface area is 111 Å². The van der Waals surface area contributed by atoms with E-state index in [1.165, 1.54) is 12.1 Å². The summed E-state index contributed by atoms with van der Waals surface area (Å²) in [5, 5.41) is 0. The van der Waals surface area contributed by atoms with Crippen LogP contribution in [0.1, 0.15) is 35.6 Å². The quantitative estimate of drug-likeness (QED) is 0.919. The van der Waals surface area contributed by atoms with Crippen LogP contribution in [-0.2, 0) is 0 Å². The normalized spacial score (nSPS) is 14.2. The molecule has 1 heterocycles. The van der Waals surface area contributed by atoms with Gasteiger partial charge in [-0.3, -0.25) is 4.98 Å². The Balaban J connectivity index is 2.40. The van der Waals surface area contributed by atoms with Gasteiger partial charge >= 0.3 is 0 Å². The Hall–Kier alpha value is -1.81. The zero-order valence-corrected chi connectivity index (χ0v) is 10.9. The predicted molar refractivity (Wildman–Crippen MR) is 70.7 cm³/mol. The highest BCUT2D eigenvalue weighted by Crippen LogP contribution is 2.32. The molecule has 0 bridgehead atoms. The molecule has 0 fully saturated rings. The van der Waals surface area contributed by atoms with E-state index in [0.717, 1.165) is 5.56 Å². The number of rotatable bonds is 3. The van der Waals surface area contributed by atoms with Crippen molar-refractivity contribution in [1.82, 2.24) is 4.98 Å². The van der Waals surface area contributed by atoms with Crippen LogP contribution in [0.4, 0.5) is 8.78 Å². The van der Waals surface area contributed by atoms with Crippen molar-refractivity contribution in [2.75, 3.05) is 0 Å². The van der Waals surface area contributed by atoms with E-state index in [4.69, 9.17) is 5.73 Å². The molecule has 0 amide bonds. The zero-order valence-electron chi connectivity index (χ0n) is 10.9. The summed E-state index contributed by atoms with van der Waals surface area (Å²) in [5.41, 5.74) is 7.29. The molecule has 0 aliphatic rings. The van der Waals surface area contributed by atoms with Crippen LogP contribution in [0.5, 0.6) is 0 Å². The molecule has 0 aliphatic heterocycles. The molecule has 0 radical (unpaired) electrons. The van der Waals surface area contributed by atoms with Crippen LogP contribution in [0.25, 0.3) is 0 Å². The number of benzene rings is 1. The summed E-state index contributed by atoms with van der Waals surface area (Å²) in [6, 6.07) is 5.54. The predicted octanol–water partition coefficient (Wildman–Crippen LogP) is 3.47. The minimum absolute atomic E-state index is 0.0516. The fourth-order valence-electron chi connectivity index (χ4n) is 2.11. The fraction of sp³-hybridized carbons (Fsp3) is 0.267. The SMILES string of the molecule is Cc1ccc(F)c(C(N)C(C)c2ccncc2)c1F. The van der Waals surface area contributed by atoms with Crippen molar-refractivity contribution >= 4 is 0 Å². The topological polar surface area (TPSA) is 38.9 Å². The van der Waals surface area contributed by atoms with Gasteiger partial charge in [0, 0.05) is 29.9 Å². The Morgan fingerprint density at radius 2 is 1.74 bits per heavy atom. The van der Waals surface area contributed by atoms with Crippen LogP contribution in [0.2, 0.25) is 0 Å². The van der Waals surface area contributed by atoms with Crippen LogP contribution < -0.4 is 5.73 Å². The van der Waals surface area contributed by atoms with Crippen molar-refractivity contribution in [3.05, 3.63) is 65.0 Å². The largest absolute Gasteiger partial charge is 0.323 e. The molecule has 0 saturated carbocycles. The third-order valence-electron chi connectivity index (χ3n) is 3.42. The Morgan fingerprint density at radius 1 is 1.11 bits per heavy atom. The first kappa shape index (κ1) is 13.6. The molecule has 2 aromatic rings. The minimum atomic E-state index is -0.734. The lowest BCUT2D eigenvalue weighted by Crippen LogP contribution is -2.21. The maximum atomic E-state index is 14.1. The maximum Gasteiger partial charge on any atom is 0.133 e. The van der Waals surface area contributed by atoms with Gasteiger partial charge in [0.1, 0.15) is 11.6 Å². The van der Waals surface area contributed by atoms with E-state index in [2.05, 4.69) is 4.98 Å². The minimum Gasteiger partial charge on any atom is -0.323 e. The van der Waals surface area contributed by atoms with Gasteiger partial charge in [0.25, 0.3) is 0 Å². The van der Waals surface area contributed by atoms with Crippen molar-refractivity contribution < 1.29 is 8.78 Å². The van der Waals surface area contributed by atoms with Crippen LogP contribution in [0, 0.1) is 18.6 Å². The van der Waals surface area contributed by atoms with Crippen molar-refractivity contribution in [1.29, 1.82) is 0 Å². The Morgan fingerprint density at radius 3 is 2.37 bits per heavy atom. The number of hydrogen-bond donors (Lipinski definition) is 1. The van der Waals surface area contributed by atoms with Gasteiger partial charge < -0.3 is 5.73 Å². The van der Waals surface area contributed by atoms with E-state index in [1.54, 1.807) is 31.5 Å². The van der Waals surface area contributed by atoms with Crippen molar-refractivity contribution in [3.63, 3.8) is 0 Å². The smallest absolute Gasteiger partial charge is 0.133 e. The van der Waals surface area contributed by atoms with E-state index in [0.29, 0.717) is 5.56 Å². The second kappa shape index (κ2) is 5.45. The number of halogens is 2. The first-order valence-electron chi connectivity index (χ1n) is 6.12. The summed E-state index contributed by atoms with van der Waals surface area (Å²) in [6.45, 7) is 3.45.